The first-order valence-electron chi connectivity index (χ1n) is 4.72. The Bertz CT molecular complexity index is 299. The molecule has 1 aromatic carbocycles. The molecular weight excluding hydrogens is 200 g/mol. The molecule has 14 heavy (non-hydrogen) atoms. The molecule has 3 heteroatoms. The Morgan fingerprint density at radius 1 is 1.50 bits per heavy atom. The van der Waals surface area contributed by atoms with E-state index in [1.165, 1.54) is 0 Å². The minimum absolute atomic E-state index is 0.0512. The van der Waals surface area contributed by atoms with Gasteiger partial charge in [0, 0.05) is 18.1 Å². The lowest BCUT2D eigenvalue weighted by Gasteiger charge is -2.15. The molecule has 0 amide bonds. The number of hydrogen-bond acceptors (Lipinski definition) is 2. The number of para-hydroxylation sites is 1. The molecule has 0 saturated heterocycles. The van der Waals surface area contributed by atoms with Crippen molar-refractivity contribution in [3.63, 3.8) is 0 Å². The molecule has 2 nitrogen and oxygen atoms in total. The van der Waals surface area contributed by atoms with Crippen LogP contribution >= 0.6 is 11.6 Å². The number of hydrogen-bond donors (Lipinski definition) is 1. The number of halogens is 1. The van der Waals surface area contributed by atoms with Gasteiger partial charge in [-0.15, -0.1) is 0 Å². The van der Waals surface area contributed by atoms with Gasteiger partial charge in [0.2, 0.25) is 0 Å². The average molecular weight is 215 g/mol. The third kappa shape index (κ3) is 2.40. The van der Waals surface area contributed by atoms with Crippen molar-refractivity contribution in [2.45, 2.75) is 19.8 Å². The van der Waals surface area contributed by atoms with E-state index in [9.17, 15) is 0 Å². The van der Waals surface area contributed by atoms with E-state index >= 15 is 0 Å². The van der Waals surface area contributed by atoms with Crippen molar-refractivity contribution in [2.24, 2.45) is 0 Å². The maximum atomic E-state index is 9.07. The van der Waals surface area contributed by atoms with E-state index in [0.29, 0.717) is 17.4 Å². The van der Waals surface area contributed by atoms with Crippen LogP contribution in [-0.2, 0) is 0 Å². The fourth-order valence-corrected chi connectivity index (χ4v) is 1.54. The summed E-state index contributed by atoms with van der Waals surface area (Å²) < 4.78 is 5.45. The van der Waals surface area contributed by atoms with E-state index in [1.54, 1.807) is 6.07 Å². The Morgan fingerprint density at radius 3 is 2.79 bits per heavy atom. The molecule has 0 aromatic heterocycles. The molecule has 0 fully saturated rings. The maximum Gasteiger partial charge on any atom is 0.141 e. The lowest BCUT2D eigenvalue weighted by Crippen LogP contribution is -2.03. The fraction of sp³-hybridized carbons (Fsp3) is 0.455. The summed E-state index contributed by atoms with van der Waals surface area (Å²) in [6.07, 6.45) is 0. The van der Waals surface area contributed by atoms with E-state index in [1.807, 2.05) is 26.0 Å². The standard InChI is InChI=1S/C11H15ClO2/c1-3-14-11-9(8(2)7-13)5-4-6-10(11)12/h4-6,8,13H,3,7H2,1-2H3. The second-order valence-electron chi connectivity index (χ2n) is 3.17. The summed E-state index contributed by atoms with van der Waals surface area (Å²) in [4.78, 5) is 0. The maximum absolute atomic E-state index is 9.07. The predicted molar refractivity (Wildman–Crippen MR) is 58.1 cm³/mol. The highest BCUT2D eigenvalue weighted by Gasteiger charge is 2.13. The molecule has 0 spiro atoms. The molecule has 0 aliphatic carbocycles. The zero-order valence-electron chi connectivity index (χ0n) is 8.46. The van der Waals surface area contributed by atoms with Gasteiger partial charge < -0.3 is 9.84 Å². The Labute approximate surface area is 89.5 Å². The summed E-state index contributed by atoms with van der Waals surface area (Å²) >= 11 is 6.00. The van der Waals surface area contributed by atoms with Crippen LogP contribution in [0.25, 0.3) is 0 Å². The van der Waals surface area contributed by atoms with Gasteiger partial charge in [-0.3, -0.25) is 0 Å². The molecule has 0 aliphatic rings. The van der Waals surface area contributed by atoms with E-state index in [4.69, 9.17) is 21.4 Å². The van der Waals surface area contributed by atoms with Gasteiger partial charge in [-0.2, -0.15) is 0 Å². The van der Waals surface area contributed by atoms with Crippen LogP contribution in [0.1, 0.15) is 25.3 Å². The first kappa shape index (κ1) is 11.3. The van der Waals surface area contributed by atoms with Crippen molar-refractivity contribution in [3.8, 4) is 5.75 Å². The summed E-state index contributed by atoms with van der Waals surface area (Å²) in [5.41, 5.74) is 0.960. The van der Waals surface area contributed by atoms with E-state index in [0.717, 1.165) is 5.56 Å². The van der Waals surface area contributed by atoms with Crippen LogP contribution in [0.3, 0.4) is 0 Å². The molecule has 0 saturated carbocycles. The molecule has 0 radical (unpaired) electrons. The summed E-state index contributed by atoms with van der Waals surface area (Å²) in [5.74, 6) is 0.744. The van der Waals surface area contributed by atoms with Crippen LogP contribution in [0.2, 0.25) is 5.02 Å². The topological polar surface area (TPSA) is 29.5 Å². The Balaban J connectivity index is 3.07. The van der Waals surface area contributed by atoms with Crippen LogP contribution in [0.4, 0.5) is 0 Å². The predicted octanol–water partition coefficient (Wildman–Crippen LogP) is 2.83. The minimum atomic E-state index is 0.0512. The van der Waals surface area contributed by atoms with Crippen molar-refractivity contribution in [1.82, 2.24) is 0 Å². The zero-order valence-corrected chi connectivity index (χ0v) is 9.21. The zero-order chi connectivity index (χ0) is 10.6. The first-order valence-corrected chi connectivity index (χ1v) is 5.10. The van der Waals surface area contributed by atoms with E-state index in [2.05, 4.69) is 0 Å². The molecule has 1 atom stereocenters. The smallest absolute Gasteiger partial charge is 0.141 e. The number of rotatable bonds is 4. The van der Waals surface area contributed by atoms with E-state index in [-0.39, 0.29) is 12.5 Å². The third-order valence-corrected chi connectivity index (χ3v) is 2.39. The molecule has 78 valence electrons. The molecule has 0 heterocycles. The summed E-state index contributed by atoms with van der Waals surface area (Å²) in [5, 5.41) is 9.67. The number of benzene rings is 1. The van der Waals surface area contributed by atoms with Gasteiger partial charge in [-0.05, 0) is 13.0 Å². The second kappa shape index (κ2) is 5.23. The Morgan fingerprint density at radius 2 is 2.21 bits per heavy atom. The Kier molecular flexibility index (Phi) is 4.23. The van der Waals surface area contributed by atoms with Crippen molar-refractivity contribution in [3.05, 3.63) is 28.8 Å². The first-order chi connectivity index (χ1) is 6.70. The lowest BCUT2D eigenvalue weighted by atomic mass is 10.0. The summed E-state index contributed by atoms with van der Waals surface area (Å²) in [7, 11) is 0. The van der Waals surface area contributed by atoms with Crippen molar-refractivity contribution in [2.75, 3.05) is 13.2 Å². The van der Waals surface area contributed by atoms with Crippen LogP contribution in [0, 0.1) is 0 Å². The van der Waals surface area contributed by atoms with Gasteiger partial charge in [-0.1, -0.05) is 30.7 Å². The van der Waals surface area contributed by atoms with Crippen molar-refractivity contribution in [1.29, 1.82) is 0 Å². The molecule has 1 aromatic rings. The van der Waals surface area contributed by atoms with Crippen LogP contribution in [0.5, 0.6) is 5.75 Å². The average Bonchev–Trinajstić information content (AvgIpc) is 2.20. The molecule has 1 unspecified atom stereocenters. The SMILES string of the molecule is CCOc1c(Cl)cccc1C(C)CO. The van der Waals surface area contributed by atoms with E-state index < -0.39 is 0 Å². The van der Waals surface area contributed by atoms with Crippen LogP contribution in [0.15, 0.2) is 18.2 Å². The van der Waals surface area contributed by atoms with Gasteiger partial charge >= 0.3 is 0 Å². The summed E-state index contributed by atoms with van der Waals surface area (Å²) in [6, 6.07) is 5.59. The summed E-state index contributed by atoms with van der Waals surface area (Å²) in [6.45, 7) is 4.53. The highest BCUT2D eigenvalue weighted by Crippen LogP contribution is 2.33. The van der Waals surface area contributed by atoms with Gasteiger partial charge in [0.25, 0.3) is 0 Å². The van der Waals surface area contributed by atoms with Gasteiger partial charge in [0.15, 0.2) is 0 Å². The monoisotopic (exact) mass is 214 g/mol. The number of aliphatic hydroxyl groups is 1. The Hall–Kier alpha value is -0.730. The minimum Gasteiger partial charge on any atom is -0.492 e. The highest BCUT2D eigenvalue weighted by atomic mass is 35.5. The lowest BCUT2D eigenvalue weighted by molar-refractivity contribution is 0.266. The second-order valence-corrected chi connectivity index (χ2v) is 3.58. The van der Waals surface area contributed by atoms with Crippen LogP contribution < -0.4 is 4.74 Å². The molecular formula is C11H15ClO2. The third-order valence-electron chi connectivity index (χ3n) is 2.09. The molecule has 0 aliphatic heterocycles. The van der Waals surface area contributed by atoms with Gasteiger partial charge in [-0.25, -0.2) is 0 Å². The normalized spacial score (nSPS) is 12.6. The number of ether oxygens (including phenoxy) is 1. The quantitative estimate of drug-likeness (QED) is 0.835. The van der Waals surface area contributed by atoms with Crippen LogP contribution in [-0.4, -0.2) is 18.3 Å². The number of aliphatic hydroxyl groups excluding tert-OH is 1. The molecule has 1 rings (SSSR count). The van der Waals surface area contributed by atoms with Gasteiger partial charge in [0.1, 0.15) is 5.75 Å². The largest absolute Gasteiger partial charge is 0.492 e. The highest BCUT2D eigenvalue weighted by molar-refractivity contribution is 6.32. The fourth-order valence-electron chi connectivity index (χ4n) is 1.31. The van der Waals surface area contributed by atoms with Crippen molar-refractivity contribution < 1.29 is 9.84 Å². The molecule has 1 N–H and O–H groups in total. The van der Waals surface area contributed by atoms with Crippen molar-refractivity contribution >= 4 is 11.6 Å². The van der Waals surface area contributed by atoms with Gasteiger partial charge in [0.05, 0.1) is 11.6 Å². The molecule has 0 bridgehead atoms.